The first-order chi connectivity index (χ1) is 14.3. The predicted molar refractivity (Wildman–Crippen MR) is 99.1 cm³/mol. The van der Waals surface area contributed by atoms with Crippen LogP contribution in [-0.2, 0) is 19.1 Å². The Kier molecular flexibility index (Phi) is 6.34. The van der Waals surface area contributed by atoms with E-state index in [1.54, 1.807) is 31.2 Å². The third-order valence-electron chi connectivity index (χ3n) is 4.05. The van der Waals surface area contributed by atoms with Crippen LogP contribution >= 0.6 is 0 Å². The molecule has 3 aromatic rings. The van der Waals surface area contributed by atoms with Gasteiger partial charge in [0.25, 0.3) is 5.88 Å². The molecule has 0 aliphatic heterocycles. The highest BCUT2D eigenvalue weighted by Gasteiger charge is 2.32. The predicted octanol–water partition coefficient (Wildman–Crippen LogP) is 4.23. The van der Waals surface area contributed by atoms with Gasteiger partial charge in [0.1, 0.15) is 11.4 Å². The third kappa shape index (κ3) is 5.34. The van der Waals surface area contributed by atoms with E-state index in [-0.39, 0.29) is 18.4 Å². The van der Waals surface area contributed by atoms with E-state index >= 15 is 0 Å². The van der Waals surface area contributed by atoms with Crippen molar-refractivity contribution in [3.05, 3.63) is 76.2 Å². The van der Waals surface area contributed by atoms with E-state index in [0.29, 0.717) is 18.7 Å². The molecule has 0 spiro atoms. The van der Waals surface area contributed by atoms with Gasteiger partial charge in [-0.25, -0.2) is 9.78 Å². The van der Waals surface area contributed by atoms with Crippen molar-refractivity contribution in [2.75, 3.05) is 6.61 Å². The van der Waals surface area contributed by atoms with Gasteiger partial charge in [-0.1, -0.05) is 18.2 Å². The van der Waals surface area contributed by atoms with Crippen LogP contribution in [-0.4, -0.2) is 21.1 Å². The Bertz CT molecular complexity index is 1070. The van der Waals surface area contributed by atoms with Gasteiger partial charge in [-0.05, 0) is 30.7 Å². The summed E-state index contributed by atoms with van der Waals surface area (Å²) < 4.78 is 63.7. The van der Waals surface area contributed by atoms with Gasteiger partial charge in [0.15, 0.2) is 0 Å². The van der Waals surface area contributed by atoms with Crippen LogP contribution in [0.3, 0.4) is 0 Å². The zero-order valence-electron chi connectivity index (χ0n) is 15.8. The second-order valence-electron chi connectivity index (χ2n) is 6.17. The Morgan fingerprint density at radius 3 is 2.47 bits per heavy atom. The maximum atomic E-state index is 13.9. The standard InChI is InChI=1S/C20H17F4N3O3/c1-2-27-12-15(21)18(26-19(27)28)29-11-10-13-6-8-14(9-7-13)30-17-5-3-4-16(25-17)20(22,23)24/h3-9,12H,2,10-11H2,1H3. The molecule has 2 heterocycles. The number of rotatable bonds is 7. The summed E-state index contributed by atoms with van der Waals surface area (Å²) in [4.78, 5) is 18.6. The van der Waals surface area contributed by atoms with E-state index in [0.717, 1.165) is 22.4 Å². The molecule has 30 heavy (non-hydrogen) atoms. The molecule has 6 nitrogen and oxygen atoms in total. The maximum Gasteiger partial charge on any atom is 0.433 e. The number of aromatic nitrogens is 3. The molecule has 0 unspecified atom stereocenters. The van der Waals surface area contributed by atoms with Crippen molar-refractivity contribution < 1.29 is 27.0 Å². The Labute approximate surface area is 168 Å². The van der Waals surface area contributed by atoms with Crippen LogP contribution in [0.5, 0.6) is 17.5 Å². The molecule has 0 aliphatic carbocycles. The number of alkyl halides is 3. The molecule has 158 valence electrons. The van der Waals surface area contributed by atoms with Gasteiger partial charge in [0.2, 0.25) is 11.7 Å². The molecule has 1 aromatic carbocycles. The molecule has 10 heteroatoms. The van der Waals surface area contributed by atoms with Crippen molar-refractivity contribution >= 4 is 0 Å². The van der Waals surface area contributed by atoms with Gasteiger partial charge in [0.05, 0.1) is 12.8 Å². The Balaban J connectivity index is 1.58. The van der Waals surface area contributed by atoms with E-state index in [1.165, 1.54) is 12.1 Å². The zero-order valence-corrected chi connectivity index (χ0v) is 15.8. The second kappa shape index (κ2) is 8.93. The summed E-state index contributed by atoms with van der Waals surface area (Å²) in [5.41, 5.74) is -0.832. The van der Waals surface area contributed by atoms with Crippen molar-refractivity contribution in [1.29, 1.82) is 0 Å². The molecule has 0 radical (unpaired) electrons. The van der Waals surface area contributed by atoms with Crippen molar-refractivity contribution in [1.82, 2.24) is 14.5 Å². The summed E-state index contributed by atoms with van der Waals surface area (Å²) in [6.07, 6.45) is -3.13. The molecule has 0 aliphatic rings. The SMILES string of the molecule is CCn1cc(F)c(OCCc2ccc(Oc3cccc(C(F)(F)F)n3)cc2)nc1=O. The number of pyridine rings is 1. The van der Waals surface area contributed by atoms with Gasteiger partial charge in [-0.3, -0.25) is 4.57 Å². The topological polar surface area (TPSA) is 66.2 Å². The van der Waals surface area contributed by atoms with Crippen LogP contribution in [0.2, 0.25) is 0 Å². The van der Waals surface area contributed by atoms with Gasteiger partial charge >= 0.3 is 11.9 Å². The lowest BCUT2D eigenvalue weighted by molar-refractivity contribution is -0.141. The lowest BCUT2D eigenvalue weighted by atomic mass is 10.1. The van der Waals surface area contributed by atoms with E-state index in [2.05, 4.69) is 9.97 Å². The Morgan fingerprint density at radius 1 is 1.07 bits per heavy atom. The second-order valence-corrected chi connectivity index (χ2v) is 6.17. The minimum atomic E-state index is -4.56. The molecule has 3 rings (SSSR count). The lowest BCUT2D eigenvalue weighted by Crippen LogP contribution is -2.23. The van der Waals surface area contributed by atoms with Crippen molar-refractivity contribution in [2.45, 2.75) is 26.1 Å². The fourth-order valence-corrected chi connectivity index (χ4v) is 2.52. The summed E-state index contributed by atoms with van der Waals surface area (Å²) in [7, 11) is 0. The number of halogens is 4. The fraction of sp³-hybridized carbons (Fsp3) is 0.250. The largest absolute Gasteiger partial charge is 0.475 e. The van der Waals surface area contributed by atoms with Gasteiger partial charge < -0.3 is 9.47 Å². The first-order valence-corrected chi connectivity index (χ1v) is 8.97. The molecule has 0 saturated carbocycles. The molecular weight excluding hydrogens is 406 g/mol. The lowest BCUT2D eigenvalue weighted by Gasteiger charge is -2.10. The summed E-state index contributed by atoms with van der Waals surface area (Å²) >= 11 is 0. The van der Waals surface area contributed by atoms with Gasteiger partial charge in [-0.2, -0.15) is 22.5 Å². The smallest absolute Gasteiger partial charge is 0.433 e. The Morgan fingerprint density at radius 2 is 1.80 bits per heavy atom. The van der Waals surface area contributed by atoms with Crippen LogP contribution < -0.4 is 15.2 Å². The average Bonchev–Trinajstić information content (AvgIpc) is 2.71. The maximum absolute atomic E-state index is 13.9. The number of aryl methyl sites for hydroxylation is 1. The molecule has 0 atom stereocenters. The molecule has 0 fully saturated rings. The molecule has 0 amide bonds. The highest BCUT2D eigenvalue weighted by Crippen LogP contribution is 2.29. The first kappa shape index (κ1) is 21.3. The first-order valence-electron chi connectivity index (χ1n) is 8.97. The van der Waals surface area contributed by atoms with Gasteiger partial charge in [-0.15, -0.1) is 0 Å². The summed E-state index contributed by atoms with van der Waals surface area (Å²) in [5.74, 6) is -0.958. The quantitative estimate of drug-likeness (QED) is 0.532. The minimum absolute atomic E-state index is 0.0783. The molecule has 2 aromatic heterocycles. The van der Waals surface area contributed by atoms with Crippen molar-refractivity contribution in [2.24, 2.45) is 0 Å². The number of hydrogen-bond donors (Lipinski definition) is 0. The normalized spacial score (nSPS) is 11.4. The van der Waals surface area contributed by atoms with E-state index in [9.17, 15) is 22.4 Å². The monoisotopic (exact) mass is 423 g/mol. The van der Waals surface area contributed by atoms with Crippen LogP contribution in [0.1, 0.15) is 18.2 Å². The molecule has 0 N–H and O–H groups in total. The molecule has 0 saturated heterocycles. The highest BCUT2D eigenvalue weighted by atomic mass is 19.4. The van der Waals surface area contributed by atoms with Crippen LogP contribution in [0.25, 0.3) is 0 Å². The number of ether oxygens (including phenoxy) is 2. The van der Waals surface area contributed by atoms with Crippen LogP contribution in [0, 0.1) is 5.82 Å². The van der Waals surface area contributed by atoms with E-state index in [4.69, 9.17) is 9.47 Å². The summed E-state index contributed by atoms with van der Waals surface area (Å²) in [6, 6.07) is 9.90. The minimum Gasteiger partial charge on any atom is -0.475 e. The van der Waals surface area contributed by atoms with E-state index < -0.39 is 23.4 Å². The van der Waals surface area contributed by atoms with E-state index in [1.807, 2.05) is 0 Å². The van der Waals surface area contributed by atoms with Crippen molar-refractivity contribution in [3.8, 4) is 17.5 Å². The number of nitrogens with zero attached hydrogens (tertiary/aromatic N) is 3. The molecular formula is C20H17F4N3O3. The molecule has 0 bridgehead atoms. The highest BCUT2D eigenvalue weighted by molar-refractivity contribution is 5.31. The van der Waals surface area contributed by atoms with Crippen molar-refractivity contribution in [3.63, 3.8) is 0 Å². The fourth-order valence-electron chi connectivity index (χ4n) is 2.52. The summed E-state index contributed by atoms with van der Waals surface area (Å²) in [5, 5.41) is 0. The van der Waals surface area contributed by atoms with Crippen LogP contribution in [0.15, 0.2) is 53.5 Å². The van der Waals surface area contributed by atoms with Gasteiger partial charge in [0, 0.05) is 19.0 Å². The van der Waals surface area contributed by atoms with Crippen LogP contribution in [0.4, 0.5) is 17.6 Å². The number of benzene rings is 1. The third-order valence-corrected chi connectivity index (χ3v) is 4.05. The summed E-state index contributed by atoms with van der Waals surface area (Å²) in [6.45, 7) is 2.07. The average molecular weight is 423 g/mol. The Hall–Kier alpha value is -3.43. The number of hydrogen-bond acceptors (Lipinski definition) is 5. The zero-order chi connectivity index (χ0) is 21.7.